The first kappa shape index (κ1) is 12.8. The molecule has 90 valence electrons. The molecule has 0 aliphatic rings. The van der Waals surface area contributed by atoms with Crippen molar-refractivity contribution in [3.63, 3.8) is 0 Å². The van der Waals surface area contributed by atoms with Crippen LogP contribution >= 0.6 is 0 Å². The summed E-state index contributed by atoms with van der Waals surface area (Å²) in [4.78, 5) is 23.6. The van der Waals surface area contributed by atoms with Crippen LogP contribution in [0.2, 0.25) is 0 Å². The maximum absolute atomic E-state index is 11.8. The number of nitriles is 1. The zero-order chi connectivity index (χ0) is 13.0. The minimum Gasteiger partial charge on any atom is -0.475 e. The highest BCUT2D eigenvalue weighted by Crippen LogP contribution is 2.11. The molecule has 0 saturated heterocycles. The van der Waals surface area contributed by atoms with E-state index in [-0.39, 0.29) is 24.0 Å². The molecule has 1 amide bonds. The Labute approximate surface area is 98.1 Å². The summed E-state index contributed by atoms with van der Waals surface area (Å²) in [5.74, 6) is -2.29. The third-order valence-electron chi connectivity index (χ3n) is 2.14. The number of rotatable bonds is 4. The van der Waals surface area contributed by atoms with Crippen LogP contribution in [-0.2, 0) is 0 Å². The molecule has 1 heterocycles. The van der Waals surface area contributed by atoms with Crippen LogP contribution in [0.4, 0.5) is 0 Å². The first-order valence-electron chi connectivity index (χ1n) is 4.94. The molecule has 17 heavy (non-hydrogen) atoms. The summed E-state index contributed by atoms with van der Waals surface area (Å²) in [5.41, 5.74) is 0. The van der Waals surface area contributed by atoms with Gasteiger partial charge in [-0.1, -0.05) is 0 Å². The van der Waals surface area contributed by atoms with Gasteiger partial charge in [-0.05, 0) is 19.1 Å². The van der Waals surface area contributed by atoms with E-state index in [1.54, 1.807) is 6.92 Å². The second-order valence-electron chi connectivity index (χ2n) is 3.68. The van der Waals surface area contributed by atoms with Gasteiger partial charge in [0.05, 0.1) is 12.0 Å². The fourth-order valence-electron chi connectivity index (χ4n) is 1.29. The van der Waals surface area contributed by atoms with Crippen molar-refractivity contribution in [2.24, 2.45) is 5.92 Å². The highest BCUT2D eigenvalue weighted by atomic mass is 16.4. The van der Waals surface area contributed by atoms with E-state index in [1.165, 1.54) is 24.1 Å². The van der Waals surface area contributed by atoms with Crippen molar-refractivity contribution >= 4 is 11.9 Å². The van der Waals surface area contributed by atoms with Gasteiger partial charge in [-0.2, -0.15) is 5.26 Å². The predicted molar refractivity (Wildman–Crippen MR) is 57.4 cm³/mol. The average Bonchev–Trinajstić information content (AvgIpc) is 2.77. The van der Waals surface area contributed by atoms with Crippen LogP contribution in [0.15, 0.2) is 16.5 Å². The number of carboxylic acid groups (broad SMARTS) is 1. The summed E-state index contributed by atoms with van der Waals surface area (Å²) in [6.07, 6.45) is 0. The van der Waals surface area contributed by atoms with Crippen LogP contribution in [0.5, 0.6) is 0 Å². The van der Waals surface area contributed by atoms with Gasteiger partial charge in [-0.25, -0.2) is 4.79 Å². The molecule has 1 aromatic rings. The largest absolute Gasteiger partial charge is 0.475 e. The molecule has 1 unspecified atom stereocenters. The van der Waals surface area contributed by atoms with Crippen LogP contribution in [0.1, 0.15) is 28.0 Å². The molecule has 0 aliphatic carbocycles. The van der Waals surface area contributed by atoms with Crippen LogP contribution in [0.25, 0.3) is 0 Å². The molecular formula is C11H12N2O4. The van der Waals surface area contributed by atoms with E-state index in [0.717, 1.165) is 0 Å². The van der Waals surface area contributed by atoms with Crippen LogP contribution < -0.4 is 0 Å². The molecule has 1 rings (SSSR count). The molecule has 6 nitrogen and oxygen atoms in total. The van der Waals surface area contributed by atoms with Crippen molar-refractivity contribution in [1.29, 1.82) is 5.26 Å². The van der Waals surface area contributed by atoms with Crippen molar-refractivity contribution in [2.45, 2.75) is 6.92 Å². The summed E-state index contributed by atoms with van der Waals surface area (Å²) < 4.78 is 4.87. The number of hydrogen-bond donors (Lipinski definition) is 1. The molecule has 1 atom stereocenters. The first-order valence-corrected chi connectivity index (χ1v) is 4.94. The number of amides is 1. The van der Waals surface area contributed by atoms with Crippen LogP contribution in [0, 0.1) is 17.2 Å². The number of furan rings is 1. The van der Waals surface area contributed by atoms with Gasteiger partial charge in [0.2, 0.25) is 5.76 Å². The van der Waals surface area contributed by atoms with E-state index in [4.69, 9.17) is 14.8 Å². The maximum Gasteiger partial charge on any atom is 0.371 e. The van der Waals surface area contributed by atoms with Gasteiger partial charge < -0.3 is 14.4 Å². The average molecular weight is 236 g/mol. The molecule has 0 saturated carbocycles. The van der Waals surface area contributed by atoms with Crippen molar-refractivity contribution in [1.82, 2.24) is 4.90 Å². The fraction of sp³-hybridized carbons (Fsp3) is 0.364. The number of carbonyl (C=O) groups excluding carboxylic acids is 1. The van der Waals surface area contributed by atoms with Gasteiger partial charge in [-0.15, -0.1) is 0 Å². The first-order chi connectivity index (χ1) is 7.95. The normalized spacial score (nSPS) is 11.6. The number of aromatic carboxylic acids is 1. The number of carbonyl (C=O) groups is 2. The van der Waals surface area contributed by atoms with Crippen molar-refractivity contribution < 1.29 is 19.1 Å². The Morgan fingerprint density at radius 1 is 1.53 bits per heavy atom. The van der Waals surface area contributed by atoms with E-state index < -0.39 is 11.9 Å². The molecule has 0 spiro atoms. The zero-order valence-corrected chi connectivity index (χ0v) is 9.51. The van der Waals surface area contributed by atoms with Gasteiger partial charge in [0, 0.05) is 13.6 Å². The smallest absolute Gasteiger partial charge is 0.371 e. The topological polar surface area (TPSA) is 94.5 Å². The lowest BCUT2D eigenvalue weighted by Gasteiger charge is -2.16. The summed E-state index contributed by atoms with van der Waals surface area (Å²) in [6.45, 7) is 1.95. The third kappa shape index (κ3) is 3.08. The highest BCUT2D eigenvalue weighted by molar-refractivity contribution is 5.93. The van der Waals surface area contributed by atoms with E-state index >= 15 is 0 Å². The Balaban J connectivity index is 2.75. The molecule has 0 radical (unpaired) electrons. The zero-order valence-electron chi connectivity index (χ0n) is 9.51. The molecular weight excluding hydrogens is 224 g/mol. The van der Waals surface area contributed by atoms with E-state index in [9.17, 15) is 9.59 Å². The van der Waals surface area contributed by atoms with Crippen molar-refractivity contribution in [3.8, 4) is 6.07 Å². The molecule has 0 aromatic carbocycles. The van der Waals surface area contributed by atoms with Crippen LogP contribution in [0.3, 0.4) is 0 Å². The molecule has 1 aromatic heterocycles. The quantitative estimate of drug-likeness (QED) is 0.847. The highest BCUT2D eigenvalue weighted by Gasteiger charge is 2.19. The van der Waals surface area contributed by atoms with Gasteiger partial charge in [0.15, 0.2) is 5.76 Å². The summed E-state index contributed by atoms with van der Waals surface area (Å²) >= 11 is 0. The van der Waals surface area contributed by atoms with E-state index in [2.05, 4.69) is 0 Å². The molecule has 0 bridgehead atoms. The fourth-order valence-corrected chi connectivity index (χ4v) is 1.29. The maximum atomic E-state index is 11.8. The molecule has 0 fully saturated rings. The van der Waals surface area contributed by atoms with Gasteiger partial charge in [0.25, 0.3) is 5.91 Å². The van der Waals surface area contributed by atoms with E-state index in [1.807, 2.05) is 6.07 Å². The second kappa shape index (κ2) is 5.16. The SMILES string of the molecule is CC(C#N)CN(C)C(=O)c1ccc(C(=O)O)o1. The lowest BCUT2D eigenvalue weighted by atomic mass is 10.2. The minimum atomic E-state index is -1.22. The summed E-state index contributed by atoms with van der Waals surface area (Å²) in [7, 11) is 1.53. The summed E-state index contributed by atoms with van der Waals surface area (Å²) in [5, 5.41) is 17.3. The monoisotopic (exact) mass is 236 g/mol. The van der Waals surface area contributed by atoms with E-state index in [0.29, 0.717) is 0 Å². The lowest BCUT2D eigenvalue weighted by molar-refractivity contribution is 0.0653. The molecule has 1 N–H and O–H groups in total. The Hall–Kier alpha value is -2.29. The standard InChI is InChI=1S/C11H12N2O4/c1-7(5-12)6-13(2)10(14)8-3-4-9(17-8)11(15)16/h3-4,7H,6H2,1-2H3,(H,15,16). The Kier molecular flexibility index (Phi) is 3.88. The van der Waals surface area contributed by atoms with Crippen molar-refractivity contribution in [3.05, 3.63) is 23.7 Å². The number of nitrogens with zero attached hydrogens (tertiary/aromatic N) is 2. The van der Waals surface area contributed by atoms with Gasteiger partial charge in [-0.3, -0.25) is 4.79 Å². The molecule has 0 aliphatic heterocycles. The Morgan fingerprint density at radius 3 is 2.59 bits per heavy atom. The number of hydrogen-bond acceptors (Lipinski definition) is 4. The minimum absolute atomic E-state index is 0.0463. The predicted octanol–water partition coefficient (Wildman–Crippen LogP) is 1.21. The molecule has 6 heteroatoms. The van der Waals surface area contributed by atoms with Gasteiger partial charge >= 0.3 is 5.97 Å². The third-order valence-corrected chi connectivity index (χ3v) is 2.14. The second-order valence-corrected chi connectivity index (χ2v) is 3.68. The Bertz CT molecular complexity index is 472. The number of carboxylic acids is 1. The van der Waals surface area contributed by atoms with Crippen molar-refractivity contribution in [2.75, 3.05) is 13.6 Å². The van der Waals surface area contributed by atoms with Gasteiger partial charge in [0.1, 0.15) is 0 Å². The van der Waals surface area contributed by atoms with Crippen LogP contribution in [-0.4, -0.2) is 35.5 Å². The Morgan fingerprint density at radius 2 is 2.12 bits per heavy atom. The summed E-state index contributed by atoms with van der Waals surface area (Å²) in [6, 6.07) is 4.53. The lowest BCUT2D eigenvalue weighted by Crippen LogP contribution is -2.30.